The first kappa shape index (κ1) is 17.4. The SMILES string of the molecule is COC(=O)CCN(C)S(=O)(=O)N(C)CC1(O)CCCC1. The van der Waals surface area contributed by atoms with E-state index in [1.807, 2.05) is 0 Å². The predicted molar refractivity (Wildman–Crippen MR) is 74.2 cm³/mol. The van der Waals surface area contributed by atoms with Crippen molar-refractivity contribution in [2.75, 3.05) is 34.3 Å². The third-order valence-electron chi connectivity index (χ3n) is 3.70. The van der Waals surface area contributed by atoms with E-state index in [0.29, 0.717) is 12.8 Å². The third-order valence-corrected chi connectivity index (χ3v) is 5.58. The van der Waals surface area contributed by atoms with E-state index in [1.165, 1.54) is 21.2 Å². The molecule has 0 aromatic heterocycles. The third kappa shape index (κ3) is 4.41. The van der Waals surface area contributed by atoms with Gasteiger partial charge in [0.15, 0.2) is 0 Å². The molecule has 1 N–H and O–H groups in total. The first-order valence-corrected chi connectivity index (χ1v) is 8.08. The van der Waals surface area contributed by atoms with Crippen LogP contribution >= 0.6 is 0 Å². The van der Waals surface area contributed by atoms with Crippen LogP contribution in [0.15, 0.2) is 0 Å². The summed E-state index contributed by atoms with van der Waals surface area (Å²) in [6.45, 7) is 0.135. The first-order chi connectivity index (χ1) is 9.21. The smallest absolute Gasteiger partial charge is 0.306 e. The van der Waals surface area contributed by atoms with Crippen LogP contribution in [-0.4, -0.2) is 68.0 Å². The summed E-state index contributed by atoms with van der Waals surface area (Å²) in [6.07, 6.45) is 3.09. The van der Waals surface area contributed by atoms with E-state index >= 15 is 0 Å². The van der Waals surface area contributed by atoms with E-state index in [-0.39, 0.29) is 19.5 Å². The van der Waals surface area contributed by atoms with Crippen molar-refractivity contribution in [3.63, 3.8) is 0 Å². The number of likely N-dealkylation sites (N-methyl/N-ethyl adjacent to an activating group) is 1. The maximum atomic E-state index is 12.2. The number of rotatable bonds is 7. The second-order valence-corrected chi connectivity index (χ2v) is 7.49. The monoisotopic (exact) mass is 308 g/mol. The van der Waals surface area contributed by atoms with Gasteiger partial charge in [0.1, 0.15) is 0 Å². The molecule has 118 valence electrons. The molecule has 0 atom stereocenters. The van der Waals surface area contributed by atoms with Gasteiger partial charge >= 0.3 is 5.97 Å². The van der Waals surface area contributed by atoms with Gasteiger partial charge in [0, 0.05) is 27.2 Å². The average Bonchev–Trinajstić information content (AvgIpc) is 2.81. The van der Waals surface area contributed by atoms with E-state index in [9.17, 15) is 18.3 Å². The number of aliphatic hydroxyl groups is 1. The van der Waals surface area contributed by atoms with Crippen LogP contribution < -0.4 is 0 Å². The van der Waals surface area contributed by atoms with Crippen LogP contribution in [0.5, 0.6) is 0 Å². The van der Waals surface area contributed by atoms with Gasteiger partial charge in [0.25, 0.3) is 10.2 Å². The van der Waals surface area contributed by atoms with Crippen molar-refractivity contribution in [2.24, 2.45) is 0 Å². The van der Waals surface area contributed by atoms with Crippen molar-refractivity contribution in [3.8, 4) is 0 Å². The van der Waals surface area contributed by atoms with Gasteiger partial charge in [-0.3, -0.25) is 4.79 Å². The fourth-order valence-corrected chi connectivity index (χ4v) is 3.59. The first-order valence-electron chi connectivity index (χ1n) is 6.68. The molecule has 0 unspecified atom stereocenters. The minimum absolute atomic E-state index is 0.00430. The van der Waals surface area contributed by atoms with Crippen LogP contribution in [0.3, 0.4) is 0 Å². The molecule has 1 saturated carbocycles. The lowest BCUT2D eigenvalue weighted by atomic mass is 10.0. The summed E-state index contributed by atoms with van der Waals surface area (Å²) in [5, 5.41) is 10.3. The van der Waals surface area contributed by atoms with Crippen LogP contribution in [-0.2, 0) is 19.7 Å². The lowest BCUT2D eigenvalue weighted by Crippen LogP contribution is -2.47. The summed E-state index contributed by atoms with van der Waals surface area (Å²) < 4.78 is 31.2. The predicted octanol–water partition coefficient (Wildman–Crippen LogP) is -0.0370. The van der Waals surface area contributed by atoms with Crippen LogP contribution in [0.2, 0.25) is 0 Å². The highest BCUT2D eigenvalue weighted by Crippen LogP contribution is 2.30. The second-order valence-electron chi connectivity index (χ2n) is 5.34. The molecular weight excluding hydrogens is 284 g/mol. The zero-order valence-electron chi connectivity index (χ0n) is 12.3. The van der Waals surface area contributed by atoms with Crippen molar-refractivity contribution >= 4 is 16.2 Å². The molecule has 8 heteroatoms. The summed E-state index contributed by atoms with van der Waals surface area (Å²) >= 11 is 0. The van der Waals surface area contributed by atoms with Gasteiger partial charge < -0.3 is 9.84 Å². The molecule has 0 aromatic carbocycles. The second kappa shape index (κ2) is 6.84. The van der Waals surface area contributed by atoms with Gasteiger partial charge in [0.2, 0.25) is 0 Å². The molecule has 0 amide bonds. The Morgan fingerprint density at radius 2 is 1.80 bits per heavy atom. The lowest BCUT2D eigenvalue weighted by molar-refractivity contribution is -0.140. The quantitative estimate of drug-likeness (QED) is 0.667. The maximum absolute atomic E-state index is 12.2. The molecule has 7 nitrogen and oxygen atoms in total. The lowest BCUT2D eigenvalue weighted by Gasteiger charge is -2.30. The molecule has 20 heavy (non-hydrogen) atoms. The van der Waals surface area contributed by atoms with E-state index in [0.717, 1.165) is 21.5 Å². The average molecular weight is 308 g/mol. The molecule has 0 bridgehead atoms. The van der Waals surface area contributed by atoms with Crippen molar-refractivity contribution in [1.29, 1.82) is 0 Å². The van der Waals surface area contributed by atoms with Crippen molar-refractivity contribution in [1.82, 2.24) is 8.61 Å². The number of hydrogen-bond donors (Lipinski definition) is 1. The van der Waals surface area contributed by atoms with Crippen LogP contribution in [0.25, 0.3) is 0 Å². The normalized spacial score (nSPS) is 18.7. The van der Waals surface area contributed by atoms with Crippen LogP contribution in [0.4, 0.5) is 0 Å². The Bertz CT molecular complexity index is 431. The number of methoxy groups -OCH3 is 1. The fourth-order valence-electron chi connectivity index (χ4n) is 2.39. The Kier molecular flexibility index (Phi) is 5.93. The molecule has 1 fully saturated rings. The van der Waals surface area contributed by atoms with E-state index in [1.54, 1.807) is 0 Å². The summed E-state index contributed by atoms with van der Waals surface area (Å²) in [5.41, 5.74) is -0.926. The molecule has 0 saturated heterocycles. The summed E-state index contributed by atoms with van der Waals surface area (Å²) in [6, 6.07) is 0. The van der Waals surface area contributed by atoms with Gasteiger partial charge in [-0.05, 0) is 12.8 Å². The molecular formula is C12H24N2O5S. The Hall–Kier alpha value is -0.700. The van der Waals surface area contributed by atoms with Crippen molar-refractivity contribution in [2.45, 2.75) is 37.7 Å². The highest BCUT2D eigenvalue weighted by atomic mass is 32.2. The Balaban J connectivity index is 2.59. The standard InChI is InChI=1S/C12H24N2O5S/c1-13(9-6-11(15)19-3)20(17,18)14(2)10-12(16)7-4-5-8-12/h16H,4-10H2,1-3H3. The Morgan fingerprint density at radius 3 is 2.30 bits per heavy atom. The van der Waals surface area contributed by atoms with E-state index in [2.05, 4.69) is 4.74 Å². The van der Waals surface area contributed by atoms with Gasteiger partial charge in [-0.15, -0.1) is 0 Å². The van der Waals surface area contributed by atoms with Crippen molar-refractivity contribution in [3.05, 3.63) is 0 Å². The Labute approximate surface area is 120 Å². The number of nitrogens with zero attached hydrogens (tertiary/aromatic N) is 2. The van der Waals surface area contributed by atoms with Gasteiger partial charge in [0.05, 0.1) is 19.1 Å². The maximum Gasteiger partial charge on any atom is 0.306 e. The number of hydrogen-bond acceptors (Lipinski definition) is 5. The molecule has 0 aliphatic heterocycles. The van der Waals surface area contributed by atoms with Gasteiger partial charge in [-0.2, -0.15) is 17.0 Å². The highest BCUT2D eigenvalue weighted by molar-refractivity contribution is 7.86. The highest BCUT2D eigenvalue weighted by Gasteiger charge is 2.36. The molecule has 0 radical (unpaired) electrons. The van der Waals surface area contributed by atoms with Crippen molar-refractivity contribution < 1.29 is 23.1 Å². The molecule has 1 aliphatic carbocycles. The summed E-state index contributed by atoms with van der Waals surface area (Å²) in [4.78, 5) is 11.0. The molecule has 0 spiro atoms. The molecule has 1 aliphatic rings. The minimum Gasteiger partial charge on any atom is -0.469 e. The fraction of sp³-hybridized carbons (Fsp3) is 0.917. The van der Waals surface area contributed by atoms with Crippen LogP contribution in [0.1, 0.15) is 32.1 Å². The molecule has 0 aromatic rings. The topological polar surface area (TPSA) is 87.2 Å². The Morgan fingerprint density at radius 1 is 1.25 bits per heavy atom. The zero-order chi connectivity index (χ0) is 15.4. The van der Waals surface area contributed by atoms with Gasteiger partial charge in [-0.25, -0.2) is 0 Å². The number of carbonyl (C=O) groups is 1. The largest absolute Gasteiger partial charge is 0.469 e. The number of esters is 1. The minimum atomic E-state index is -3.67. The molecule has 1 rings (SSSR count). The van der Waals surface area contributed by atoms with Crippen LogP contribution in [0, 0.1) is 0 Å². The number of carbonyl (C=O) groups excluding carboxylic acids is 1. The number of ether oxygens (including phenoxy) is 1. The summed E-state index contributed by atoms with van der Waals surface area (Å²) in [7, 11) is 0.448. The van der Waals surface area contributed by atoms with Gasteiger partial charge in [-0.1, -0.05) is 12.8 Å². The van der Waals surface area contributed by atoms with E-state index in [4.69, 9.17) is 0 Å². The molecule has 0 heterocycles. The summed E-state index contributed by atoms with van der Waals surface area (Å²) in [5.74, 6) is -0.455. The van der Waals surface area contributed by atoms with E-state index < -0.39 is 21.8 Å². The zero-order valence-corrected chi connectivity index (χ0v) is 13.1.